The normalized spacial score (nSPS) is 17.1. The summed E-state index contributed by atoms with van der Waals surface area (Å²) >= 11 is 0. The molecule has 178 valence electrons. The van der Waals surface area contributed by atoms with Crippen LogP contribution in [-0.4, -0.2) is 53.5 Å². The lowest BCUT2D eigenvalue weighted by Crippen LogP contribution is -2.47. The Morgan fingerprint density at radius 1 is 1.15 bits per heavy atom. The number of benzene rings is 1. The number of ether oxygens (including phenoxy) is 1. The zero-order chi connectivity index (χ0) is 23.5. The number of nitrogens with zero attached hydrogens (tertiary/aromatic N) is 3. The first-order valence-electron chi connectivity index (χ1n) is 12.4. The number of allylic oxidation sites excluding steroid dienone is 1. The van der Waals surface area contributed by atoms with Crippen LogP contribution < -0.4 is 4.74 Å². The van der Waals surface area contributed by atoms with E-state index in [0.717, 1.165) is 84.9 Å². The fourth-order valence-electron chi connectivity index (χ4n) is 5.07. The van der Waals surface area contributed by atoms with E-state index in [0.29, 0.717) is 6.61 Å². The van der Waals surface area contributed by atoms with Gasteiger partial charge in [-0.25, -0.2) is 0 Å². The molecule has 0 N–H and O–H groups in total. The number of rotatable bonds is 6. The maximum absolute atomic E-state index is 13.1. The quantitative estimate of drug-likeness (QED) is 0.493. The molecule has 0 spiro atoms. The first-order chi connectivity index (χ1) is 16.6. The summed E-state index contributed by atoms with van der Waals surface area (Å²) in [5.74, 6) is 1.96. The Balaban J connectivity index is 1.32. The molecular formula is C28H33N3O3. The van der Waals surface area contributed by atoms with Gasteiger partial charge in [0.1, 0.15) is 17.1 Å². The molecule has 1 aromatic carbocycles. The summed E-state index contributed by atoms with van der Waals surface area (Å²) in [5.41, 5.74) is 5.19. The highest BCUT2D eigenvalue weighted by atomic mass is 16.5. The Morgan fingerprint density at radius 2 is 1.97 bits per heavy atom. The number of carbonyl (C=O) groups is 1. The molecule has 0 unspecified atom stereocenters. The van der Waals surface area contributed by atoms with Gasteiger partial charge in [0.05, 0.1) is 12.3 Å². The fraction of sp³-hybridized carbons (Fsp3) is 0.429. The van der Waals surface area contributed by atoms with Crippen molar-refractivity contribution in [3.05, 3.63) is 65.2 Å². The van der Waals surface area contributed by atoms with Gasteiger partial charge < -0.3 is 14.1 Å². The molecular weight excluding hydrogens is 426 g/mol. The minimum Gasteiger partial charge on any atom is -0.493 e. The largest absolute Gasteiger partial charge is 0.493 e. The number of aryl methyl sites for hydroxylation is 2. The molecule has 6 heteroatoms. The number of pyridine rings is 1. The van der Waals surface area contributed by atoms with Crippen molar-refractivity contribution in [2.24, 2.45) is 0 Å². The van der Waals surface area contributed by atoms with Crippen molar-refractivity contribution >= 4 is 22.4 Å². The highest BCUT2D eigenvalue weighted by molar-refractivity contribution is 5.97. The highest BCUT2D eigenvalue weighted by Crippen LogP contribution is 2.38. The van der Waals surface area contributed by atoms with Crippen molar-refractivity contribution in [2.75, 3.05) is 32.8 Å². The van der Waals surface area contributed by atoms with Gasteiger partial charge in [-0.1, -0.05) is 6.07 Å². The predicted molar refractivity (Wildman–Crippen MR) is 134 cm³/mol. The number of amides is 1. The van der Waals surface area contributed by atoms with E-state index in [9.17, 15) is 4.79 Å². The van der Waals surface area contributed by atoms with Gasteiger partial charge in [0.2, 0.25) is 5.91 Å². The third kappa shape index (κ3) is 4.73. The summed E-state index contributed by atoms with van der Waals surface area (Å²) in [5, 5.41) is 1.16. The van der Waals surface area contributed by atoms with Crippen LogP contribution in [0.2, 0.25) is 0 Å². The summed E-state index contributed by atoms with van der Waals surface area (Å²) in [6, 6.07) is 10.2. The molecule has 2 aliphatic rings. The second kappa shape index (κ2) is 10.0. The van der Waals surface area contributed by atoms with E-state index in [-0.39, 0.29) is 5.91 Å². The lowest BCUT2D eigenvalue weighted by atomic mass is 9.94. The maximum atomic E-state index is 13.1. The topological polar surface area (TPSA) is 58.8 Å². The molecule has 1 amide bonds. The van der Waals surface area contributed by atoms with Gasteiger partial charge in [-0.3, -0.25) is 14.7 Å². The van der Waals surface area contributed by atoms with Gasteiger partial charge in [-0.05, 0) is 56.9 Å². The number of hydrogen-bond donors (Lipinski definition) is 0. The lowest BCUT2D eigenvalue weighted by Gasteiger charge is -2.34. The molecule has 0 bridgehead atoms. The Labute approximate surface area is 201 Å². The molecule has 1 saturated heterocycles. The predicted octanol–water partition coefficient (Wildman–Crippen LogP) is 4.85. The van der Waals surface area contributed by atoms with Crippen molar-refractivity contribution in [1.82, 2.24) is 14.8 Å². The number of piperazine rings is 1. The van der Waals surface area contributed by atoms with Crippen molar-refractivity contribution in [1.29, 1.82) is 0 Å². The number of carbonyl (C=O) groups excluding carboxylic acids is 1. The molecule has 1 aliphatic carbocycles. The van der Waals surface area contributed by atoms with Gasteiger partial charge in [0, 0.05) is 74.0 Å². The Morgan fingerprint density at radius 3 is 2.74 bits per heavy atom. The molecule has 3 heterocycles. The van der Waals surface area contributed by atoms with E-state index in [1.165, 1.54) is 18.4 Å². The van der Waals surface area contributed by atoms with E-state index in [4.69, 9.17) is 9.15 Å². The van der Waals surface area contributed by atoms with Gasteiger partial charge in [0.25, 0.3) is 0 Å². The summed E-state index contributed by atoms with van der Waals surface area (Å²) < 4.78 is 12.1. The summed E-state index contributed by atoms with van der Waals surface area (Å²) in [6.45, 7) is 8.53. The van der Waals surface area contributed by atoms with Crippen LogP contribution in [0.15, 0.2) is 47.0 Å². The zero-order valence-corrected chi connectivity index (χ0v) is 20.2. The lowest BCUT2D eigenvalue weighted by molar-refractivity contribution is -0.127. The second-order valence-corrected chi connectivity index (χ2v) is 9.24. The molecule has 0 atom stereocenters. The van der Waals surface area contributed by atoms with Crippen LogP contribution in [-0.2, 0) is 24.2 Å². The first-order valence-corrected chi connectivity index (χ1v) is 12.4. The van der Waals surface area contributed by atoms with E-state index >= 15 is 0 Å². The molecule has 3 aromatic rings. The standard InChI is InChI=1S/C28H33N3O3/c1-3-33-26-18-27-24(22-9-4-5-10-25(22)34-27)17-23(26)20(2)16-28(32)31-14-12-30(13-15-31)19-21-8-6-7-11-29-21/h6-8,11,16-18H,3-5,9-10,12-15,19H2,1-2H3/b20-16+. The van der Waals surface area contributed by atoms with Crippen molar-refractivity contribution in [2.45, 2.75) is 46.1 Å². The molecule has 6 nitrogen and oxygen atoms in total. The number of furan rings is 1. The van der Waals surface area contributed by atoms with Gasteiger partial charge in [-0.2, -0.15) is 0 Å². The van der Waals surface area contributed by atoms with Gasteiger partial charge in [-0.15, -0.1) is 0 Å². The average molecular weight is 460 g/mol. The van der Waals surface area contributed by atoms with Crippen molar-refractivity contribution in [3.8, 4) is 5.75 Å². The molecule has 34 heavy (non-hydrogen) atoms. The van der Waals surface area contributed by atoms with Gasteiger partial charge >= 0.3 is 0 Å². The third-order valence-electron chi connectivity index (χ3n) is 6.92. The molecule has 0 saturated carbocycles. The zero-order valence-electron chi connectivity index (χ0n) is 20.2. The molecule has 1 aliphatic heterocycles. The van der Waals surface area contributed by atoms with E-state index in [1.807, 2.05) is 49.2 Å². The van der Waals surface area contributed by atoms with Crippen LogP contribution in [0.4, 0.5) is 0 Å². The average Bonchev–Trinajstić information content (AvgIpc) is 3.22. The molecule has 0 radical (unpaired) electrons. The minimum absolute atomic E-state index is 0.0618. The van der Waals surface area contributed by atoms with Gasteiger partial charge in [0.15, 0.2) is 0 Å². The maximum Gasteiger partial charge on any atom is 0.246 e. The summed E-state index contributed by atoms with van der Waals surface area (Å²) in [6.07, 6.45) is 8.04. The van der Waals surface area contributed by atoms with Crippen molar-refractivity contribution in [3.63, 3.8) is 0 Å². The first kappa shape index (κ1) is 22.7. The van der Waals surface area contributed by atoms with Crippen LogP contribution in [0.25, 0.3) is 16.5 Å². The fourth-order valence-corrected chi connectivity index (χ4v) is 5.07. The highest BCUT2D eigenvalue weighted by Gasteiger charge is 2.23. The number of fused-ring (bicyclic) bond motifs is 3. The van der Waals surface area contributed by atoms with Crippen molar-refractivity contribution < 1.29 is 13.9 Å². The van der Waals surface area contributed by atoms with Crippen LogP contribution in [0.1, 0.15) is 49.3 Å². The SMILES string of the molecule is CCOc1cc2oc3c(c2cc1/C(C)=C/C(=O)N1CCN(Cc2ccccn2)CC1)CCCC3. The Kier molecular flexibility index (Phi) is 6.68. The van der Waals surface area contributed by atoms with Crippen LogP contribution in [0.5, 0.6) is 5.75 Å². The smallest absolute Gasteiger partial charge is 0.246 e. The third-order valence-corrected chi connectivity index (χ3v) is 6.92. The van der Waals surface area contributed by atoms with E-state index in [1.54, 1.807) is 6.08 Å². The second-order valence-electron chi connectivity index (χ2n) is 9.24. The summed E-state index contributed by atoms with van der Waals surface area (Å²) in [7, 11) is 0. The Hall–Kier alpha value is -3.12. The van der Waals surface area contributed by atoms with Crippen LogP contribution in [0.3, 0.4) is 0 Å². The van der Waals surface area contributed by atoms with Crippen LogP contribution in [0, 0.1) is 0 Å². The van der Waals surface area contributed by atoms with E-state index in [2.05, 4.69) is 16.0 Å². The molecule has 2 aromatic heterocycles. The minimum atomic E-state index is 0.0618. The molecule has 5 rings (SSSR count). The number of hydrogen-bond acceptors (Lipinski definition) is 5. The number of aromatic nitrogens is 1. The summed E-state index contributed by atoms with van der Waals surface area (Å²) in [4.78, 5) is 21.8. The van der Waals surface area contributed by atoms with E-state index < -0.39 is 0 Å². The Bertz CT molecular complexity index is 1190. The monoisotopic (exact) mass is 459 g/mol. The molecule has 1 fully saturated rings. The van der Waals surface area contributed by atoms with Crippen LogP contribution >= 0.6 is 0 Å².